The van der Waals surface area contributed by atoms with Crippen molar-refractivity contribution >= 4 is 67.1 Å². The molecular weight excluding hydrogens is 631 g/mol. The monoisotopic (exact) mass is 668 g/mol. The predicted octanol–water partition coefficient (Wildman–Crippen LogP) is 9.54. The second-order valence-electron chi connectivity index (χ2n) is 12.2. The molecule has 7 aromatic rings. The third-order valence-electron chi connectivity index (χ3n) is 9.46. The highest BCUT2D eigenvalue weighted by atomic mass is 32.2. The molecule has 0 aromatic heterocycles. The largest absolute Gasteiger partial charge is 0.311 e. The molecule has 7 aromatic carbocycles. The Labute approximate surface area is 295 Å². The molecule has 0 saturated carbocycles. The summed E-state index contributed by atoms with van der Waals surface area (Å²) >= 11 is 0. The van der Waals surface area contributed by atoms with Crippen LogP contribution in [0.4, 0.5) is 34.1 Å². The van der Waals surface area contributed by atoms with Gasteiger partial charge in [-0.2, -0.15) is 0 Å². The molecule has 0 saturated heterocycles. The predicted molar refractivity (Wildman–Crippen MR) is 211 cm³/mol. The number of sulfone groups is 1. The van der Waals surface area contributed by atoms with E-state index in [4.69, 9.17) is 0 Å². The van der Waals surface area contributed by atoms with Crippen LogP contribution >= 0.6 is 0 Å². The first-order valence-electron chi connectivity index (χ1n) is 16.1. The molecule has 9 rings (SSSR count). The fraction of sp³-hybridized carbons (Fsp3) is 0.0455. The summed E-state index contributed by atoms with van der Waals surface area (Å²) in [5.74, 6) is 0. The molecule has 0 spiro atoms. The van der Waals surface area contributed by atoms with Gasteiger partial charge < -0.3 is 9.80 Å². The Bertz CT molecular complexity index is 2310. The summed E-state index contributed by atoms with van der Waals surface area (Å²) in [6, 6.07) is 58.9. The van der Waals surface area contributed by atoms with E-state index >= 15 is 0 Å². The number of hydrogen-bond acceptors (Lipinski definition) is 4. The van der Waals surface area contributed by atoms with E-state index in [1.54, 1.807) is 36.4 Å². The van der Waals surface area contributed by atoms with Crippen molar-refractivity contribution in [3.05, 3.63) is 176 Å². The van der Waals surface area contributed by atoms with Gasteiger partial charge in [-0.25, -0.2) is 8.42 Å². The second kappa shape index (κ2) is 12.9. The minimum Gasteiger partial charge on any atom is -0.311 e. The average molecular weight is 669 g/mol. The Morgan fingerprint density at radius 2 is 0.800 bits per heavy atom. The van der Waals surface area contributed by atoms with E-state index < -0.39 is 9.84 Å². The number of rotatable bonds is 5. The molecule has 2 aliphatic heterocycles. The quantitative estimate of drug-likeness (QED) is 0.171. The SMILES string of the molecule is C.C.O=S(=O)(c1ccccc1)c1ccc(-c2cc3c4c(c2)N(c2ccccc2)c2ccccc2B4c2ccccc2N3c2ccccc2)cc1. The lowest BCUT2D eigenvalue weighted by atomic mass is 9.33. The van der Waals surface area contributed by atoms with E-state index in [0.717, 1.165) is 45.3 Å². The standard InChI is InChI=1S/C42H29BN2O2S.2CH4/c46-48(47,34-18-8-3-9-19-34)35-26-24-30(25-27-35)31-28-40-42-41(29-31)45(33-16-6-2-7-17-33)39-23-13-11-21-37(39)43(42)36-20-10-12-22-38(36)44(40)32-14-4-1-5-15-32;;/h1-29H;2*1H4. The molecule has 0 atom stereocenters. The minimum atomic E-state index is -3.64. The summed E-state index contributed by atoms with van der Waals surface area (Å²) in [5.41, 5.74) is 12.4. The first kappa shape index (κ1) is 32.7. The molecule has 0 amide bonds. The molecular formula is C44H37BN2O2S. The van der Waals surface area contributed by atoms with Crippen LogP contribution in [-0.2, 0) is 9.84 Å². The van der Waals surface area contributed by atoms with Crippen molar-refractivity contribution < 1.29 is 8.42 Å². The lowest BCUT2D eigenvalue weighted by Gasteiger charge is -2.44. The number of para-hydroxylation sites is 4. The number of hydrogen-bond donors (Lipinski definition) is 0. The fourth-order valence-corrected chi connectivity index (χ4v) is 8.62. The Morgan fingerprint density at radius 1 is 0.400 bits per heavy atom. The van der Waals surface area contributed by atoms with Crippen LogP contribution in [0.3, 0.4) is 0 Å². The molecule has 50 heavy (non-hydrogen) atoms. The average Bonchev–Trinajstić information content (AvgIpc) is 3.15. The minimum absolute atomic E-state index is 0. The lowest BCUT2D eigenvalue weighted by Crippen LogP contribution is -2.61. The van der Waals surface area contributed by atoms with Gasteiger partial charge in [-0.3, -0.25) is 0 Å². The van der Waals surface area contributed by atoms with E-state index in [0.29, 0.717) is 0 Å². The Balaban J connectivity index is 0.00000196. The summed E-state index contributed by atoms with van der Waals surface area (Å²) in [6.07, 6.45) is 0. The molecule has 4 nitrogen and oxygen atoms in total. The molecule has 0 unspecified atom stereocenters. The van der Waals surface area contributed by atoms with Crippen LogP contribution in [-0.4, -0.2) is 15.1 Å². The van der Waals surface area contributed by atoms with E-state index in [9.17, 15) is 8.42 Å². The molecule has 0 bridgehead atoms. The van der Waals surface area contributed by atoms with Gasteiger partial charge in [0.15, 0.2) is 0 Å². The number of benzene rings is 7. The zero-order chi connectivity index (χ0) is 32.2. The van der Waals surface area contributed by atoms with Crippen LogP contribution in [0.1, 0.15) is 14.9 Å². The zero-order valence-electron chi connectivity index (χ0n) is 25.9. The third-order valence-corrected chi connectivity index (χ3v) is 11.2. The molecule has 244 valence electrons. The maximum Gasteiger partial charge on any atom is 0.252 e. The van der Waals surface area contributed by atoms with Gasteiger partial charge >= 0.3 is 0 Å². The van der Waals surface area contributed by atoms with Crippen molar-refractivity contribution in [2.75, 3.05) is 9.80 Å². The molecule has 2 heterocycles. The van der Waals surface area contributed by atoms with Crippen LogP contribution in [0.25, 0.3) is 11.1 Å². The molecule has 6 heteroatoms. The third kappa shape index (κ3) is 5.11. The van der Waals surface area contributed by atoms with Gasteiger partial charge in [-0.1, -0.05) is 118 Å². The van der Waals surface area contributed by atoms with E-state index in [-0.39, 0.29) is 31.4 Å². The summed E-state index contributed by atoms with van der Waals surface area (Å²) in [5, 5.41) is 0. The van der Waals surface area contributed by atoms with Crippen molar-refractivity contribution in [1.82, 2.24) is 0 Å². The maximum absolute atomic E-state index is 13.4. The van der Waals surface area contributed by atoms with Crippen molar-refractivity contribution in [2.45, 2.75) is 24.6 Å². The maximum atomic E-state index is 13.4. The van der Waals surface area contributed by atoms with Gasteiger partial charge in [0.25, 0.3) is 6.71 Å². The van der Waals surface area contributed by atoms with E-state index in [1.165, 1.54) is 16.4 Å². The molecule has 0 fully saturated rings. The van der Waals surface area contributed by atoms with Gasteiger partial charge in [-0.05, 0) is 100 Å². The summed E-state index contributed by atoms with van der Waals surface area (Å²) in [7, 11) is -3.64. The first-order valence-corrected chi connectivity index (χ1v) is 17.5. The highest BCUT2D eigenvalue weighted by Gasteiger charge is 2.43. The van der Waals surface area contributed by atoms with Crippen LogP contribution in [0, 0.1) is 0 Å². The first-order chi connectivity index (χ1) is 23.6. The highest BCUT2D eigenvalue weighted by Crippen LogP contribution is 2.45. The van der Waals surface area contributed by atoms with Crippen molar-refractivity contribution in [2.24, 2.45) is 0 Å². The number of fused-ring (bicyclic) bond motifs is 4. The van der Waals surface area contributed by atoms with Gasteiger partial charge in [0.2, 0.25) is 9.84 Å². The molecule has 0 N–H and O–H groups in total. The number of anilines is 6. The number of nitrogens with zero attached hydrogens (tertiary/aromatic N) is 2. The van der Waals surface area contributed by atoms with Crippen LogP contribution in [0.15, 0.2) is 186 Å². The van der Waals surface area contributed by atoms with Crippen LogP contribution in [0.5, 0.6) is 0 Å². The Kier molecular flexibility index (Phi) is 8.42. The molecule has 2 aliphatic rings. The van der Waals surface area contributed by atoms with Crippen molar-refractivity contribution in [3.8, 4) is 11.1 Å². The van der Waals surface area contributed by atoms with Crippen LogP contribution in [0.2, 0.25) is 0 Å². The molecule has 0 radical (unpaired) electrons. The molecule has 0 aliphatic carbocycles. The zero-order valence-corrected chi connectivity index (χ0v) is 26.8. The van der Waals surface area contributed by atoms with Crippen LogP contribution < -0.4 is 26.2 Å². The van der Waals surface area contributed by atoms with Gasteiger partial charge in [0.1, 0.15) is 0 Å². The lowest BCUT2D eigenvalue weighted by molar-refractivity contribution is 0.596. The van der Waals surface area contributed by atoms with E-state index in [2.05, 4.69) is 119 Å². The topological polar surface area (TPSA) is 40.6 Å². The summed E-state index contributed by atoms with van der Waals surface area (Å²) in [4.78, 5) is 5.31. The Morgan fingerprint density at radius 3 is 1.28 bits per heavy atom. The smallest absolute Gasteiger partial charge is 0.252 e. The fourth-order valence-electron chi connectivity index (χ4n) is 7.34. The second-order valence-corrected chi connectivity index (χ2v) is 14.1. The normalized spacial score (nSPS) is 12.5. The highest BCUT2D eigenvalue weighted by molar-refractivity contribution is 7.91. The summed E-state index contributed by atoms with van der Waals surface area (Å²) < 4.78 is 26.9. The van der Waals surface area contributed by atoms with Gasteiger partial charge in [0.05, 0.1) is 9.79 Å². The van der Waals surface area contributed by atoms with E-state index in [1.807, 2.05) is 30.3 Å². The van der Waals surface area contributed by atoms with Crippen molar-refractivity contribution in [1.29, 1.82) is 0 Å². The van der Waals surface area contributed by atoms with Gasteiger partial charge in [0, 0.05) is 34.1 Å². The summed E-state index contributed by atoms with van der Waals surface area (Å²) in [6.45, 7) is 0.0368. The van der Waals surface area contributed by atoms with Gasteiger partial charge in [-0.15, -0.1) is 0 Å². The van der Waals surface area contributed by atoms with Crippen molar-refractivity contribution in [3.63, 3.8) is 0 Å². The Hall–Kier alpha value is -5.85.